The standard InChI is InChI=1S/C18H20O2/c1-2-3-8-14-9-7-12-16(13-14)17(18(19)20)15-10-5-4-6-11-15/h4-7,9-13,17H,2-3,8H2,1H3,(H,19,20). The first-order chi connectivity index (χ1) is 9.72. The van der Waals surface area contributed by atoms with Crippen LogP contribution in [0.1, 0.15) is 42.4 Å². The van der Waals surface area contributed by atoms with Crippen molar-refractivity contribution < 1.29 is 9.90 Å². The van der Waals surface area contributed by atoms with E-state index in [1.54, 1.807) is 0 Å². The lowest BCUT2D eigenvalue weighted by molar-refractivity contribution is -0.137. The first kappa shape index (κ1) is 14.3. The van der Waals surface area contributed by atoms with Crippen LogP contribution in [0.25, 0.3) is 0 Å². The molecule has 1 atom stereocenters. The molecular formula is C18H20O2. The quantitative estimate of drug-likeness (QED) is 0.850. The predicted octanol–water partition coefficient (Wildman–Crippen LogP) is 4.25. The Kier molecular flexibility index (Phi) is 4.94. The Morgan fingerprint density at radius 3 is 2.40 bits per heavy atom. The van der Waals surface area contributed by atoms with Gasteiger partial charge in [0, 0.05) is 0 Å². The molecule has 2 nitrogen and oxygen atoms in total. The Morgan fingerprint density at radius 1 is 1.05 bits per heavy atom. The number of carbonyl (C=O) groups is 1. The molecule has 2 aromatic carbocycles. The van der Waals surface area contributed by atoms with Crippen molar-refractivity contribution in [2.75, 3.05) is 0 Å². The van der Waals surface area contributed by atoms with Gasteiger partial charge < -0.3 is 5.11 Å². The second-order valence-electron chi connectivity index (χ2n) is 5.03. The molecule has 1 N–H and O–H groups in total. The van der Waals surface area contributed by atoms with Crippen molar-refractivity contribution >= 4 is 5.97 Å². The SMILES string of the molecule is CCCCc1cccc(C(C(=O)O)c2ccccc2)c1. The number of carboxylic acid groups (broad SMARTS) is 1. The fourth-order valence-electron chi connectivity index (χ4n) is 2.43. The minimum Gasteiger partial charge on any atom is -0.481 e. The van der Waals surface area contributed by atoms with Crippen LogP contribution in [0.2, 0.25) is 0 Å². The smallest absolute Gasteiger partial charge is 0.315 e. The molecule has 0 bridgehead atoms. The largest absolute Gasteiger partial charge is 0.481 e. The van der Waals surface area contributed by atoms with Crippen LogP contribution < -0.4 is 0 Å². The lowest BCUT2D eigenvalue weighted by atomic mass is 9.90. The van der Waals surface area contributed by atoms with Crippen LogP contribution in [0.4, 0.5) is 0 Å². The van der Waals surface area contributed by atoms with E-state index < -0.39 is 11.9 Å². The van der Waals surface area contributed by atoms with E-state index in [0.29, 0.717) is 0 Å². The number of hydrogen-bond donors (Lipinski definition) is 1. The van der Waals surface area contributed by atoms with E-state index in [1.165, 1.54) is 5.56 Å². The van der Waals surface area contributed by atoms with Gasteiger partial charge in [-0.25, -0.2) is 0 Å². The molecule has 0 aliphatic carbocycles. The first-order valence-corrected chi connectivity index (χ1v) is 7.09. The third kappa shape index (κ3) is 3.47. The molecule has 0 heterocycles. The number of rotatable bonds is 6. The normalized spacial score (nSPS) is 12.1. The minimum atomic E-state index is -0.802. The predicted molar refractivity (Wildman–Crippen MR) is 81.0 cm³/mol. The van der Waals surface area contributed by atoms with Gasteiger partial charge in [-0.15, -0.1) is 0 Å². The molecule has 20 heavy (non-hydrogen) atoms. The molecule has 2 aromatic rings. The van der Waals surface area contributed by atoms with Crippen molar-refractivity contribution in [3.05, 3.63) is 71.3 Å². The van der Waals surface area contributed by atoms with Gasteiger partial charge in [-0.3, -0.25) is 4.79 Å². The van der Waals surface area contributed by atoms with Crippen molar-refractivity contribution in [3.8, 4) is 0 Å². The van der Waals surface area contributed by atoms with Crippen LogP contribution in [0, 0.1) is 0 Å². The molecule has 0 aliphatic rings. The van der Waals surface area contributed by atoms with Crippen LogP contribution in [0.15, 0.2) is 54.6 Å². The summed E-state index contributed by atoms with van der Waals surface area (Å²) in [5, 5.41) is 9.55. The molecule has 0 fully saturated rings. The second-order valence-corrected chi connectivity index (χ2v) is 5.03. The van der Waals surface area contributed by atoms with Crippen molar-refractivity contribution in [1.29, 1.82) is 0 Å². The van der Waals surface area contributed by atoms with E-state index in [2.05, 4.69) is 13.0 Å². The number of benzene rings is 2. The van der Waals surface area contributed by atoms with E-state index in [9.17, 15) is 9.90 Å². The summed E-state index contributed by atoms with van der Waals surface area (Å²) in [6, 6.07) is 17.4. The zero-order valence-electron chi connectivity index (χ0n) is 11.8. The summed E-state index contributed by atoms with van der Waals surface area (Å²) in [5.74, 6) is -1.39. The zero-order chi connectivity index (χ0) is 14.4. The van der Waals surface area contributed by atoms with Crippen LogP contribution in [0.5, 0.6) is 0 Å². The topological polar surface area (TPSA) is 37.3 Å². The summed E-state index contributed by atoms with van der Waals surface area (Å²) < 4.78 is 0. The maximum Gasteiger partial charge on any atom is 0.315 e. The molecule has 0 amide bonds. The zero-order valence-corrected chi connectivity index (χ0v) is 11.8. The van der Waals surface area contributed by atoms with Gasteiger partial charge in [0.25, 0.3) is 0 Å². The Labute approximate surface area is 120 Å². The lowest BCUT2D eigenvalue weighted by Crippen LogP contribution is -2.13. The third-order valence-electron chi connectivity index (χ3n) is 3.48. The van der Waals surface area contributed by atoms with Gasteiger partial charge >= 0.3 is 5.97 Å². The summed E-state index contributed by atoms with van der Waals surface area (Å²) in [5.41, 5.74) is 2.90. The van der Waals surface area contributed by atoms with Crippen molar-refractivity contribution in [2.24, 2.45) is 0 Å². The van der Waals surface area contributed by atoms with Gasteiger partial charge in [0.2, 0.25) is 0 Å². The Bertz CT molecular complexity index is 561. The minimum absolute atomic E-state index is 0.585. The van der Waals surface area contributed by atoms with E-state index in [0.717, 1.165) is 30.4 Å². The molecule has 1 unspecified atom stereocenters. The van der Waals surface area contributed by atoms with Gasteiger partial charge in [-0.2, -0.15) is 0 Å². The van der Waals surface area contributed by atoms with Gasteiger partial charge in [-0.05, 0) is 29.5 Å². The van der Waals surface area contributed by atoms with Crippen LogP contribution in [0.3, 0.4) is 0 Å². The average molecular weight is 268 g/mol. The molecule has 0 saturated heterocycles. The maximum absolute atomic E-state index is 11.6. The first-order valence-electron chi connectivity index (χ1n) is 7.09. The number of unbranched alkanes of at least 4 members (excludes halogenated alkanes) is 1. The summed E-state index contributed by atoms with van der Waals surface area (Å²) in [6.07, 6.45) is 3.28. The van der Waals surface area contributed by atoms with E-state index >= 15 is 0 Å². The molecule has 0 saturated carbocycles. The molecule has 2 rings (SSSR count). The number of hydrogen-bond acceptors (Lipinski definition) is 1. The molecular weight excluding hydrogens is 248 g/mol. The van der Waals surface area contributed by atoms with Gasteiger partial charge in [-0.1, -0.05) is 67.9 Å². The number of aryl methyl sites for hydroxylation is 1. The lowest BCUT2D eigenvalue weighted by Gasteiger charge is -2.14. The Balaban J connectivity index is 2.33. The summed E-state index contributed by atoms with van der Waals surface area (Å²) in [7, 11) is 0. The third-order valence-corrected chi connectivity index (χ3v) is 3.48. The van der Waals surface area contributed by atoms with Crippen LogP contribution >= 0.6 is 0 Å². The summed E-state index contributed by atoms with van der Waals surface area (Å²) in [6.45, 7) is 2.16. The maximum atomic E-state index is 11.6. The molecule has 0 aliphatic heterocycles. The highest BCUT2D eigenvalue weighted by molar-refractivity contribution is 5.80. The fraction of sp³-hybridized carbons (Fsp3) is 0.278. The fourth-order valence-corrected chi connectivity index (χ4v) is 2.43. The van der Waals surface area contributed by atoms with Crippen molar-refractivity contribution in [3.63, 3.8) is 0 Å². The van der Waals surface area contributed by atoms with E-state index in [4.69, 9.17) is 0 Å². The molecule has 0 aromatic heterocycles. The van der Waals surface area contributed by atoms with Crippen LogP contribution in [-0.4, -0.2) is 11.1 Å². The molecule has 2 heteroatoms. The van der Waals surface area contributed by atoms with Crippen molar-refractivity contribution in [2.45, 2.75) is 32.1 Å². The van der Waals surface area contributed by atoms with Gasteiger partial charge in [0.05, 0.1) is 0 Å². The monoisotopic (exact) mass is 268 g/mol. The second kappa shape index (κ2) is 6.90. The molecule has 104 valence electrons. The number of aliphatic carboxylic acids is 1. The summed E-state index contributed by atoms with van der Waals surface area (Å²) >= 11 is 0. The van der Waals surface area contributed by atoms with E-state index in [-0.39, 0.29) is 0 Å². The highest BCUT2D eigenvalue weighted by atomic mass is 16.4. The van der Waals surface area contributed by atoms with Gasteiger partial charge in [0.1, 0.15) is 5.92 Å². The highest BCUT2D eigenvalue weighted by Crippen LogP contribution is 2.26. The van der Waals surface area contributed by atoms with Crippen molar-refractivity contribution in [1.82, 2.24) is 0 Å². The highest BCUT2D eigenvalue weighted by Gasteiger charge is 2.21. The Hall–Kier alpha value is -2.09. The molecule has 0 radical (unpaired) electrons. The molecule has 0 spiro atoms. The summed E-state index contributed by atoms with van der Waals surface area (Å²) in [4.78, 5) is 11.6. The number of carboxylic acids is 1. The Morgan fingerprint density at radius 2 is 1.75 bits per heavy atom. The van der Waals surface area contributed by atoms with E-state index in [1.807, 2.05) is 48.5 Å². The average Bonchev–Trinajstić information content (AvgIpc) is 2.46. The van der Waals surface area contributed by atoms with Crippen LogP contribution in [-0.2, 0) is 11.2 Å². The van der Waals surface area contributed by atoms with Gasteiger partial charge in [0.15, 0.2) is 0 Å².